The van der Waals surface area contributed by atoms with Crippen LogP contribution in [0.5, 0.6) is 0 Å². The van der Waals surface area contributed by atoms with Crippen molar-refractivity contribution in [1.82, 2.24) is 9.80 Å². The number of fused-ring (bicyclic) bond motifs is 1. The van der Waals surface area contributed by atoms with E-state index in [9.17, 15) is 19.2 Å². The van der Waals surface area contributed by atoms with Crippen LogP contribution < -0.4 is 0 Å². The Hall–Kier alpha value is -1.71. The summed E-state index contributed by atoms with van der Waals surface area (Å²) in [6, 6.07) is 5.12. The molecule has 0 unspecified atom stereocenters. The Morgan fingerprint density at radius 3 is 2.04 bits per heavy atom. The third kappa shape index (κ3) is 3.01. The number of benzene rings is 1. The van der Waals surface area contributed by atoms with Gasteiger partial charge in [-0.1, -0.05) is 55.6 Å². The van der Waals surface area contributed by atoms with E-state index in [2.05, 4.69) is 31.9 Å². The Bertz CT molecular complexity index is 847. The zero-order valence-corrected chi connectivity index (χ0v) is 17.9. The minimum atomic E-state index is -1.19. The molecule has 2 aliphatic rings. The van der Waals surface area contributed by atoms with Crippen molar-refractivity contribution in [3.63, 3.8) is 0 Å². The predicted molar refractivity (Wildman–Crippen MR) is 104 cm³/mol. The van der Waals surface area contributed by atoms with E-state index >= 15 is 0 Å². The molecule has 2 atom stereocenters. The van der Waals surface area contributed by atoms with Gasteiger partial charge < -0.3 is 4.74 Å². The van der Waals surface area contributed by atoms with Crippen LogP contribution in [0.1, 0.15) is 20.7 Å². The number of rotatable bonds is 5. The lowest BCUT2D eigenvalue weighted by Crippen LogP contribution is -2.69. The number of methoxy groups -OCH3 is 1. The highest BCUT2D eigenvalue weighted by molar-refractivity contribution is 9.10. The predicted octanol–water partition coefficient (Wildman–Crippen LogP) is 2.28. The third-order valence-electron chi connectivity index (χ3n) is 4.38. The lowest BCUT2D eigenvalue weighted by atomic mass is 10.0. The van der Waals surface area contributed by atoms with E-state index < -0.39 is 35.2 Å². The molecule has 142 valence electrons. The van der Waals surface area contributed by atoms with Crippen molar-refractivity contribution < 1.29 is 23.9 Å². The van der Waals surface area contributed by atoms with Gasteiger partial charge >= 0.3 is 5.97 Å². The van der Waals surface area contributed by atoms with Crippen molar-refractivity contribution in [2.45, 2.75) is 11.5 Å². The Kier molecular flexibility index (Phi) is 5.73. The smallest absolute Gasteiger partial charge is 0.354 e. The maximum Gasteiger partial charge on any atom is 0.354 e. The summed E-state index contributed by atoms with van der Waals surface area (Å²) in [5.41, 5.74) is -0.0985. The van der Waals surface area contributed by atoms with E-state index in [1.54, 1.807) is 12.1 Å². The molecule has 0 aliphatic carbocycles. The minimum absolute atomic E-state index is 0.0101. The van der Waals surface area contributed by atoms with Crippen LogP contribution in [-0.4, -0.2) is 62.8 Å². The highest BCUT2D eigenvalue weighted by Gasteiger charge is 2.58. The number of alkyl halides is 3. The summed E-state index contributed by atoms with van der Waals surface area (Å²) in [5, 5.41) is 0.599. The Labute approximate surface area is 176 Å². The minimum Gasteiger partial charge on any atom is -0.464 e. The molecule has 0 aromatic heterocycles. The van der Waals surface area contributed by atoms with Crippen LogP contribution in [0.25, 0.3) is 0 Å². The molecule has 2 aliphatic heterocycles. The molecule has 7 nitrogen and oxygen atoms in total. The second-order valence-corrected chi connectivity index (χ2v) is 7.33. The molecule has 1 saturated heterocycles. The number of likely N-dealkylation sites (tertiary alicyclic amines) is 1. The molecule has 3 rings (SSSR count). The molecular formula is C17H13Br2ClN2O5. The summed E-state index contributed by atoms with van der Waals surface area (Å²) >= 11 is 12.9. The van der Waals surface area contributed by atoms with Gasteiger partial charge in [-0.05, 0) is 17.7 Å². The van der Waals surface area contributed by atoms with Gasteiger partial charge in [-0.2, -0.15) is 0 Å². The van der Waals surface area contributed by atoms with Gasteiger partial charge in [-0.25, -0.2) is 4.79 Å². The lowest BCUT2D eigenvalue weighted by molar-refractivity contribution is -0.153. The topological polar surface area (TPSA) is 84.0 Å². The fraction of sp³-hybridized carbons (Fsp3) is 0.294. The van der Waals surface area contributed by atoms with Gasteiger partial charge in [0.25, 0.3) is 17.7 Å². The second-order valence-electron chi connectivity index (χ2n) is 5.76. The summed E-state index contributed by atoms with van der Waals surface area (Å²) in [7, 11) is 1.19. The Morgan fingerprint density at radius 1 is 1.11 bits per heavy atom. The highest BCUT2D eigenvalue weighted by atomic mass is 79.9. The molecule has 10 heteroatoms. The summed E-state index contributed by atoms with van der Waals surface area (Å²) in [6.45, 7) is 0. The molecule has 0 N–H and O–H groups in total. The van der Waals surface area contributed by atoms with E-state index in [0.29, 0.717) is 16.2 Å². The summed E-state index contributed by atoms with van der Waals surface area (Å²) in [4.78, 5) is 52.2. The molecule has 3 amide bonds. The fourth-order valence-electron chi connectivity index (χ4n) is 3.04. The molecule has 2 heterocycles. The first-order chi connectivity index (χ1) is 12.9. The summed E-state index contributed by atoms with van der Waals surface area (Å²) in [6.07, 6.45) is 0. The number of amides is 3. The fourth-order valence-corrected chi connectivity index (χ4v) is 4.91. The number of carbonyl (C=O) groups is 4. The van der Waals surface area contributed by atoms with E-state index in [0.717, 1.165) is 9.80 Å². The van der Waals surface area contributed by atoms with Crippen LogP contribution in [0.3, 0.4) is 0 Å². The number of halogens is 3. The third-order valence-corrected chi connectivity index (χ3v) is 6.17. The maximum atomic E-state index is 12.8. The van der Waals surface area contributed by atoms with Gasteiger partial charge in [0.05, 0.1) is 18.2 Å². The summed E-state index contributed by atoms with van der Waals surface area (Å²) in [5.74, 6) is -2.51. The van der Waals surface area contributed by atoms with Gasteiger partial charge in [0.2, 0.25) is 0 Å². The average molecular weight is 521 g/mol. The number of hydrogen-bond acceptors (Lipinski definition) is 5. The standard InChI is InChI=1S/C17H13Br2ClN2O5/c1-27-17(26)11(8(6-18)7-19)21-13(20)12(16(21)25)22-14(23)9-4-2-3-5-10(9)15(22)24/h2-5,12-13H,6-7H2,1H3/t12-,13+/m1/s1. The summed E-state index contributed by atoms with van der Waals surface area (Å²) < 4.78 is 4.77. The molecule has 0 radical (unpaired) electrons. The first-order valence-electron chi connectivity index (χ1n) is 7.75. The molecule has 1 aromatic rings. The van der Waals surface area contributed by atoms with Crippen molar-refractivity contribution in [3.05, 3.63) is 46.7 Å². The van der Waals surface area contributed by atoms with Gasteiger partial charge in [-0.3, -0.25) is 24.2 Å². The lowest BCUT2D eigenvalue weighted by Gasteiger charge is -2.46. The number of esters is 1. The monoisotopic (exact) mass is 518 g/mol. The first-order valence-corrected chi connectivity index (χ1v) is 10.4. The molecule has 0 saturated carbocycles. The SMILES string of the molecule is COC(=O)C(=C(CBr)CBr)N1C(=O)[C@H](N2C(=O)c3ccccc3C2=O)[C@H]1Cl. The number of carbonyl (C=O) groups excluding carboxylic acids is 4. The van der Waals surface area contributed by atoms with Gasteiger partial charge in [0.15, 0.2) is 6.04 Å². The van der Waals surface area contributed by atoms with Gasteiger partial charge in [0, 0.05) is 10.7 Å². The van der Waals surface area contributed by atoms with E-state index in [1.807, 2.05) is 0 Å². The van der Waals surface area contributed by atoms with Crippen molar-refractivity contribution in [1.29, 1.82) is 0 Å². The van der Waals surface area contributed by atoms with Crippen LogP contribution in [-0.2, 0) is 14.3 Å². The highest BCUT2D eigenvalue weighted by Crippen LogP contribution is 2.38. The number of imide groups is 1. The first kappa shape index (κ1) is 20.0. The Morgan fingerprint density at radius 2 is 1.63 bits per heavy atom. The number of β-lactam (4-membered cyclic amide) rings is 1. The van der Waals surface area contributed by atoms with Crippen molar-refractivity contribution in [2.24, 2.45) is 0 Å². The average Bonchev–Trinajstić information content (AvgIpc) is 2.93. The zero-order valence-electron chi connectivity index (χ0n) is 13.9. The molecule has 1 fully saturated rings. The van der Waals surface area contributed by atoms with Crippen LogP contribution in [0.2, 0.25) is 0 Å². The number of allylic oxidation sites excluding steroid dienone is 1. The molecule has 0 spiro atoms. The molecule has 0 bridgehead atoms. The van der Waals surface area contributed by atoms with Gasteiger partial charge in [-0.15, -0.1) is 0 Å². The normalized spacial score (nSPS) is 21.1. The van der Waals surface area contributed by atoms with Crippen LogP contribution in [0, 0.1) is 0 Å². The van der Waals surface area contributed by atoms with Gasteiger partial charge in [0.1, 0.15) is 11.2 Å². The zero-order chi connectivity index (χ0) is 19.9. The maximum absolute atomic E-state index is 12.8. The number of ether oxygens (including phenoxy) is 1. The van der Waals surface area contributed by atoms with Crippen LogP contribution in [0.4, 0.5) is 0 Å². The largest absolute Gasteiger partial charge is 0.464 e. The van der Waals surface area contributed by atoms with Crippen LogP contribution in [0.15, 0.2) is 35.5 Å². The second kappa shape index (κ2) is 7.73. The number of hydrogen-bond donors (Lipinski definition) is 0. The molecular weight excluding hydrogens is 507 g/mol. The van der Waals surface area contributed by atoms with E-state index in [-0.39, 0.29) is 16.8 Å². The van der Waals surface area contributed by atoms with E-state index in [1.165, 1.54) is 19.2 Å². The van der Waals surface area contributed by atoms with Crippen molar-refractivity contribution in [2.75, 3.05) is 17.8 Å². The van der Waals surface area contributed by atoms with Crippen molar-refractivity contribution in [3.8, 4) is 0 Å². The molecule has 1 aromatic carbocycles. The van der Waals surface area contributed by atoms with Crippen molar-refractivity contribution >= 4 is 67.2 Å². The Balaban J connectivity index is 1.95. The van der Waals surface area contributed by atoms with Crippen LogP contribution >= 0.6 is 43.5 Å². The van der Waals surface area contributed by atoms with E-state index in [4.69, 9.17) is 16.3 Å². The number of nitrogens with zero attached hydrogens (tertiary/aromatic N) is 2. The quantitative estimate of drug-likeness (QED) is 0.149. The molecule has 27 heavy (non-hydrogen) atoms.